The van der Waals surface area contributed by atoms with E-state index in [0.717, 1.165) is 5.75 Å². The molecule has 0 spiro atoms. The molecular formula is C17H18N2O5. The van der Waals surface area contributed by atoms with Gasteiger partial charge in [-0.05, 0) is 36.4 Å². The summed E-state index contributed by atoms with van der Waals surface area (Å²) in [4.78, 5) is 23.4. The molecule has 0 radical (unpaired) electrons. The first-order valence-corrected chi connectivity index (χ1v) is 7.23. The van der Waals surface area contributed by atoms with Crippen LogP contribution in [0.5, 0.6) is 17.2 Å². The van der Waals surface area contributed by atoms with Gasteiger partial charge in [-0.1, -0.05) is 6.07 Å². The number of amides is 2. The second-order valence-corrected chi connectivity index (χ2v) is 4.78. The minimum atomic E-state index is -0.815. The Kier molecular flexibility index (Phi) is 6.01. The van der Waals surface area contributed by atoms with Crippen LogP contribution in [-0.4, -0.2) is 37.2 Å². The molecule has 7 heteroatoms. The van der Waals surface area contributed by atoms with Gasteiger partial charge in [0.1, 0.15) is 23.9 Å². The molecule has 2 amide bonds. The summed E-state index contributed by atoms with van der Waals surface area (Å²) in [6.45, 7) is 0.399. The normalized spacial score (nSPS) is 9.88. The first kappa shape index (κ1) is 17.1. The van der Waals surface area contributed by atoms with Gasteiger partial charge in [0.15, 0.2) is 0 Å². The van der Waals surface area contributed by atoms with Gasteiger partial charge in [-0.3, -0.25) is 9.59 Å². The van der Waals surface area contributed by atoms with Crippen LogP contribution in [0.15, 0.2) is 48.5 Å². The molecular weight excluding hydrogens is 312 g/mol. The average molecular weight is 330 g/mol. The monoisotopic (exact) mass is 330 g/mol. The molecule has 24 heavy (non-hydrogen) atoms. The lowest BCUT2D eigenvalue weighted by Gasteiger charge is -2.09. The third-order valence-corrected chi connectivity index (χ3v) is 3.03. The number of hydrogen-bond donors (Lipinski definition) is 3. The Morgan fingerprint density at radius 2 is 1.75 bits per heavy atom. The quantitative estimate of drug-likeness (QED) is 0.551. The predicted octanol–water partition coefficient (Wildman–Crippen LogP) is 1.53. The van der Waals surface area contributed by atoms with Crippen LogP contribution in [0, 0.1) is 0 Å². The van der Waals surface area contributed by atoms with Gasteiger partial charge >= 0.3 is 11.8 Å². The molecule has 126 valence electrons. The summed E-state index contributed by atoms with van der Waals surface area (Å²) < 4.78 is 10.5. The van der Waals surface area contributed by atoms with Crippen molar-refractivity contribution in [2.24, 2.45) is 0 Å². The fourth-order valence-corrected chi connectivity index (χ4v) is 1.86. The molecule has 0 atom stereocenters. The molecule has 7 nitrogen and oxygen atoms in total. The number of hydrogen-bond acceptors (Lipinski definition) is 5. The standard InChI is InChI=1S/C17H18N2O5/c1-23-14-5-7-15(8-6-14)24-10-9-18-16(21)17(22)19-12-3-2-4-13(20)11-12/h2-8,11,20H,9-10H2,1H3,(H,18,21)(H,19,22). The van der Waals surface area contributed by atoms with Crippen LogP contribution in [0.3, 0.4) is 0 Å². The van der Waals surface area contributed by atoms with Crippen LogP contribution >= 0.6 is 0 Å². The molecule has 2 aromatic carbocycles. The van der Waals surface area contributed by atoms with Crippen LogP contribution < -0.4 is 20.1 Å². The average Bonchev–Trinajstić information content (AvgIpc) is 2.59. The Morgan fingerprint density at radius 3 is 2.42 bits per heavy atom. The molecule has 0 bridgehead atoms. The largest absolute Gasteiger partial charge is 0.508 e. The van der Waals surface area contributed by atoms with E-state index in [-0.39, 0.29) is 18.9 Å². The van der Waals surface area contributed by atoms with Gasteiger partial charge in [0.05, 0.1) is 13.7 Å². The number of anilines is 1. The number of nitrogens with one attached hydrogen (secondary N) is 2. The van der Waals surface area contributed by atoms with Crippen molar-refractivity contribution < 1.29 is 24.2 Å². The summed E-state index contributed by atoms with van der Waals surface area (Å²) in [5, 5.41) is 14.1. The zero-order valence-corrected chi connectivity index (χ0v) is 13.1. The fourth-order valence-electron chi connectivity index (χ4n) is 1.86. The van der Waals surface area contributed by atoms with Crippen molar-refractivity contribution in [2.45, 2.75) is 0 Å². The second kappa shape index (κ2) is 8.42. The van der Waals surface area contributed by atoms with E-state index in [1.165, 1.54) is 12.1 Å². The van der Waals surface area contributed by atoms with Crippen LogP contribution in [0.2, 0.25) is 0 Å². The molecule has 0 aliphatic carbocycles. The van der Waals surface area contributed by atoms with E-state index < -0.39 is 11.8 Å². The summed E-state index contributed by atoms with van der Waals surface area (Å²) >= 11 is 0. The number of benzene rings is 2. The van der Waals surface area contributed by atoms with Crippen LogP contribution in [-0.2, 0) is 9.59 Å². The Hall–Kier alpha value is -3.22. The number of phenols is 1. The first-order chi connectivity index (χ1) is 11.6. The van der Waals surface area contributed by atoms with Gasteiger partial charge in [-0.25, -0.2) is 0 Å². The lowest BCUT2D eigenvalue weighted by Crippen LogP contribution is -2.37. The highest BCUT2D eigenvalue weighted by Gasteiger charge is 2.13. The van der Waals surface area contributed by atoms with Crippen molar-refractivity contribution in [1.29, 1.82) is 0 Å². The maximum atomic E-state index is 11.7. The topological polar surface area (TPSA) is 96.9 Å². The zero-order valence-electron chi connectivity index (χ0n) is 13.1. The number of rotatable bonds is 6. The maximum absolute atomic E-state index is 11.7. The molecule has 3 N–H and O–H groups in total. The van der Waals surface area contributed by atoms with E-state index in [2.05, 4.69) is 10.6 Å². The lowest BCUT2D eigenvalue weighted by molar-refractivity contribution is -0.136. The molecule has 0 heterocycles. The Bertz CT molecular complexity index is 700. The summed E-state index contributed by atoms with van der Waals surface area (Å²) in [7, 11) is 1.58. The predicted molar refractivity (Wildman–Crippen MR) is 88.2 cm³/mol. The fraction of sp³-hybridized carbons (Fsp3) is 0.176. The SMILES string of the molecule is COc1ccc(OCCNC(=O)C(=O)Nc2cccc(O)c2)cc1. The third kappa shape index (κ3) is 5.20. The van der Waals surface area contributed by atoms with Gasteiger partial charge in [-0.2, -0.15) is 0 Å². The first-order valence-electron chi connectivity index (χ1n) is 7.23. The highest BCUT2D eigenvalue weighted by Crippen LogP contribution is 2.17. The number of phenolic OH excluding ortho intramolecular Hbond substituents is 1. The second-order valence-electron chi connectivity index (χ2n) is 4.78. The van der Waals surface area contributed by atoms with Crippen molar-refractivity contribution >= 4 is 17.5 Å². The molecule has 0 unspecified atom stereocenters. The van der Waals surface area contributed by atoms with Crippen molar-refractivity contribution in [2.75, 3.05) is 25.6 Å². The maximum Gasteiger partial charge on any atom is 0.313 e. The van der Waals surface area contributed by atoms with Crippen LogP contribution in [0.4, 0.5) is 5.69 Å². The smallest absolute Gasteiger partial charge is 0.313 e. The molecule has 2 rings (SSSR count). The van der Waals surface area contributed by atoms with Crippen LogP contribution in [0.1, 0.15) is 0 Å². The number of aromatic hydroxyl groups is 1. The number of carbonyl (C=O) groups is 2. The highest BCUT2D eigenvalue weighted by atomic mass is 16.5. The van der Waals surface area contributed by atoms with Gasteiger partial charge in [-0.15, -0.1) is 0 Å². The Labute approximate surface area is 139 Å². The minimum absolute atomic E-state index is 0.00102. The Morgan fingerprint density at radius 1 is 1.04 bits per heavy atom. The summed E-state index contributed by atoms with van der Waals surface area (Å²) in [5.41, 5.74) is 0.338. The lowest BCUT2D eigenvalue weighted by atomic mass is 10.3. The van der Waals surface area contributed by atoms with Crippen molar-refractivity contribution in [3.05, 3.63) is 48.5 Å². The van der Waals surface area contributed by atoms with Gasteiger partial charge in [0.2, 0.25) is 0 Å². The summed E-state index contributed by atoms with van der Waals surface area (Å²) in [5.74, 6) is -0.239. The zero-order chi connectivity index (χ0) is 17.4. The Balaban J connectivity index is 1.71. The van der Waals surface area contributed by atoms with Crippen molar-refractivity contribution in [1.82, 2.24) is 5.32 Å². The van der Waals surface area contributed by atoms with E-state index in [1.54, 1.807) is 43.5 Å². The number of methoxy groups -OCH3 is 1. The molecule has 0 saturated carbocycles. The summed E-state index contributed by atoms with van der Waals surface area (Å²) in [6.07, 6.45) is 0. The molecule has 2 aromatic rings. The minimum Gasteiger partial charge on any atom is -0.508 e. The van der Waals surface area contributed by atoms with Crippen LogP contribution in [0.25, 0.3) is 0 Å². The van der Waals surface area contributed by atoms with Crippen molar-refractivity contribution in [3.8, 4) is 17.2 Å². The van der Waals surface area contributed by atoms with E-state index in [1.807, 2.05) is 0 Å². The van der Waals surface area contributed by atoms with E-state index in [4.69, 9.17) is 9.47 Å². The molecule has 0 fully saturated rings. The molecule has 0 aliphatic heterocycles. The number of carbonyl (C=O) groups excluding carboxylic acids is 2. The van der Waals surface area contributed by atoms with Gasteiger partial charge in [0.25, 0.3) is 0 Å². The van der Waals surface area contributed by atoms with E-state index in [9.17, 15) is 14.7 Å². The molecule has 0 aliphatic rings. The van der Waals surface area contributed by atoms with Gasteiger partial charge < -0.3 is 25.2 Å². The highest BCUT2D eigenvalue weighted by molar-refractivity contribution is 6.39. The van der Waals surface area contributed by atoms with E-state index in [0.29, 0.717) is 11.4 Å². The van der Waals surface area contributed by atoms with Crippen molar-refractivity contribution in [3.63, 3.8) is 0 Å². The molecule has 0 aromatic heterocycles. The van der Waals surface area contributed by atoms with Gasteiger partial charge in [0, 0.05) is 11.8 Å². The van der Waals surface area contributed by atoms with E-state index >= 15 is 0 Å². The summed E-state index contributed by atoms with van der Waals surface area (Å²) in [6, 6.07) is 12.9. The third-order valence-electron chi connectivity index (χ3n) is 3.03. The molecule has 0 saturated heterocycles. The number of ether oxygens (including phenoxy) is 2.